The Bertz CT molecular complexity index is 554. The predicted molar refractivity (Wildman–Crippen MR) is 53.8 cm³/mol. The van der Waals surface area contributed by atoms with Crippen LogP contribution in [0.1, 0.15) is 18.2 Å². The van der Waals surface area contributed by atoms with Gasteiger partial charge >= 0.3 is 5.97 Å². The Balaban J connectivity index is 1.83. The van der Waals surface area contributed by atoms with Crippen LogP contribution in [0.5, 0.6) is 0 Å². The number of hydrogen-bond donors (Lipinski definition) is 1. The van der Waals surface area contributed by atoms with E-state index in [-0.39, 0.29) is 11.7 Å². The van der Waals surface area contributed by atoms with Gasteiger partial charge in [-0.25, -0.2) is 9.97 Å². The summed E-state index contributed by atoms with van der Waals surface area (Å²) in [6.45, 7) is 0. The van der Waals surface area contributed by atoms with Crippen molar-refractivity contribution in [3.8, 4) is 11.6 Å². The van der Waals surface area contributed by atoms with Crippen molar-refractivity contribution in [3.05, 3.63) is 24.4 Å². The van der Waals surface area contributed by atoms with Gasteiger partial charge in [0, 0.05) is 12.4 Å². The van der Waals surface area contributed by atoms with Gasteiger partial charge in [0.15, 0.2) is 0 Å². The first-order valence-corrected chi connectivity index (χ1v) is 5.09. The summed E-state index contributed by atoms with van der Waals surface area (Å²) in [5.41, 5.74) is 0. The Morgan fingerprint density at radius 3 is 2.76 bits per heavy atom. The van der Waals surface area contributed by atoms with Crippen LogP contribution >= 0.6 is 0 Å². The molecule has 1 saturated carbocycles. The molecule has 0 aromatic carbocycles. The third-order valence-electron chi connectivity index (χ3n) is 2.63. The number of nitrogens with zero attached hydrogens (tertiary/aromatic N) is 4. The third kappa shape index (κ3) is 1.75. The van der Waals surface area contributed by atoms with Gasteiger partial charge in [0.1, 0.15) is 0 Å². The zero-order valence-corrected chi connectivity index (χ0v) is 8.65. The number of carbonyl (C=O) groups is 1. The summed E-state index contributed by atoms with van der Waals surface area (Å²) in [6, 6.07) is 1.69. The molecule has 2 aromatic heterocycles. The highest BCUT2D eigenvalue weighted by atomic mass is 16.5. The fourth-order valence-electron chi connectivity index (χ4n) is 1.63. The van der Waals surface area contributed by atoms with Gasteiger partial charge in [-0.1, -0.05) is 5.16 Å². The van der Waals surface area contributed by atoms with Crippen LogP contribution in [-0.2, 0) is 4.79 Å². The fraction of sp³-hybridized carbons (Fsp3) is 0.300. The van der Waals surface area contributed by atoms with E-state index in [1.165, 1.54) is 0 Å². The molecule has 0 aliphatic heterocycles. The molecule has 1 aliphatic carbocycles. The molecule has 7 nitrogen and oxygen atoms in total. The number of hydrogen-bond acceptors (Lipinski definition) is 6. The van der Waals surface area contributed by atoms with Crippen LogP contribution in [0.15, 0.2) is 23.0 Å². The van der Waals surface area contributed by atoms with Crippen molar-refractivity contribution >= 4 is 5.97 Å². The molecule has 2 aromatic rings. The van der Waals surface area contributed by atoms with Crippen LogP contribution in [0.25, 0.3) is 11.6 Å². The molecule has 17 heavy (non-hydrogen) atoms. The molecule has 0 spiro atoms. The van der Waals surface area contributed by atoms with E-state index in [4.69, 9.17) is 9.63 Å². The van der Waals surface area contributed by atoms with Gasteiger partial charge in [-0.15, -0.1) is 0 Å². The van der Waals surface area contributed by atoms with E-state index in [9.17, 15) is 4.79 Å². The van der Waals surface area contributed by atoms with E-state index in [0.717, 1.165) is 0 Å². The lowest BCUT2D eigenvalue weighted by Crippen LogP contribution is -1.99. The lowest BCUT2D eigenvalue weighted by atomic mass is 10.3. The Hall–Kier alpha value is -2.31. The van der Waals surface area contributed by atoms with Gasteiger partial charge in [0.25, 0.3) is 0 Å². The van der Waals surface area contributed by atoms with Crippen molar-refractivity contribution in [2.45, 2.75) is 12.3 Å². The molecular weight excluding hydrogens is 224 g/mol. The summed E-state index contributed by atoms with van der Waals surface area (Å²) in [5, 5.41) is 12.5. The summed E-state index contributed by atoms with van der Waals surface area (Å²) in [6.07, 6.45) is 3.71. The molecule has 0 bridgehead atoms. The zero-order valence-electron chi connectivity index (χ0n) is 8.65. The normalized spacial score (nSPS) is 22.4. The minimum atomic E-state index is -0.828. The fourth-order valence-corrected chi connectivity index (χ4v) is 1.63. The molecule has 3 rings (SSSR count). The first kappa shape index (κ1) is 9.88. The summed E-state index contributed by atoms with van der Waals surface area (Å²) >= 11 is 0. The minimum Gasteiger partial charge on any atom is -0.481 e. The Morgan fingerprint density at radius 1 is 1.35 bits per heavy atom. The predicted octanol–water partition coefficient (Wildman–Crippen LogP) is 0.715. The number of rotatable bonds is 3. The van der Waals surface area contributed by atoms with Crippen molar-refractivity contribution in [3.63, 3.8) is 0 Å². The van der Waals surface area contributed by atoms with Crippen molar-refractivity contribution in [1.82, 2.24) is 20.1 Å². The third-order valence-corrected chi connectivity index (χ3v) is 2.63. The molecule has 1 N–H and O–H groups in total. The lowest BCUT2D eigenvalue weighted by molar-refractivity contribution is -0.138. The average molecular weight is 232 g/mol. The maximum atomic E-state index is 10.7. The molecule has 2 unspecified atom stereocenters. The Kier molecular flexibility index (Phi) is 2.10. The van der Waals surface area contributed by atoms with E-state index in [0.29, 0.717) is 18.1 Å². The molecule has 2 heterocycles. The molecule has 2 atom stereocenters. The molecule has 1 aliphatic rings. The smallest absolute Gasteiger partial charge is 0.307 e. The molecular formula is C10H8N4O3. The number of carboxylic acids is 1. The van der Waals surface area contributed by atoms with Crippen LogP contribution in [0.4, 0.5) is 0 Å². The highest BCUT2D eigenvalue weighted by Gasteiger charge is 2.48. The lowest BCUT2D eigenvalue weighted by Gasteiger charge is -1.88. The number of carboxylic acid groups (broad SMARTS) is 1. The van der Waals surface area contributed by atoms with E-state index < -0.39 is 11.9 Å². The quantitative estimate of drug-likeness (QED) is 0.831. The monoisotopic (exact) mass is 232 g/mol. The topological polar surface area (TPSA) is 102 Å². The second-order valence-electron chi connectivity index (χ2n) is 3.82. The highest BCUT2D eigenvalue weighted by Crippen LogP contribution is 2.46. The minimum absolute atomic E-state index is 0.169. The van der Waals surface area contributed by atoms with Gasteiger partial charge in [0.05, 0.1) is 11.8 Å². The van der Waals surface area contributed by atoms with E-state index in [1.54, 1.807) is 18.5 Å². The molecule has 7 heteroatoms. The van der Waals surface area contributed by atoms with E-state index in [1.807, 2.05) is 0 Å². The SMILES string of the molecule is O=C(O)C1CC1c1nc(-c2ncccn2)no1. The molecule has 0 radical (unpaired) electrons. The van der Waals surface area contributed by atoms with E-state index >= 15 is 0 Å². The number of aliphatic carboxylic acids is 1. The summed E-state index contributed by atoms with van der Waals surface area (Å²) in [7, 11) is 0. The van der Waals surface area contributed by atoms with Gasteiger partial charge in [0.2, 0.25) is 17.5 Å². The second kappa shape index (κ2) is 3.62. The largest absolute Gasteiger partial charge is 0.481 e. The Labute approximate surface area is 95.5 Å². The van der Waals surface area contributed by atoms with Gasteiger partial charge in [-0.3, -0.25) is 4.79 Å². The van der Waals surface area contributed by atoms with Crippen molar-refractivity contribution in [2.75, 3.05) is 0 Å². The standard InChI is InChI=1S/C10H8N4O3/c15-10(16)6-4-5(6)9-13-8(14-17-9)7-11-2-1-3-12-7/h1-3,5-6H,4H2,(H,15,16). The van der Waals surface area contributed by atoms with Crippen LogP contribution in [0.3, 0.4) is 0 Å². The van der Waals surface area contributed by atoms with Crippen LogP contribution in [0, 0.1) is 5.92 Å². The van der Waals surface area contributed by atoms with Crippen LogP contribution in [0.2, 0.25) is 0 Å². The second-order valence-corrected chi connectivity index (χ2v) is 3.82. The van der Waals surface area contributed by atoms with Gasteiger partial charge < -0.3 is 9.63 Å². The summed E-state index contributed by atoms with van der Waals surface area (Å²) in [4.78, 5) is 22.8. The zero-order chi connectivity index (χ0) is 11.8. The maximum absolute atomic E-state index is 10.7. The van der Waals surface area contributed by atoms with Gasteiger partial charge in [-0.2, -0.15) is 4.98 Å². The highest BCUT2D eigenvalue weighted by molar-refractivity contribution is 5.74. The summed E-state index contributed by atoms with van der Waals surface area (Å²) < 4.78 is 5.02. The molecule has 86 valence electrons. The maximum Gasteiger partial charge on any atom is 0.307 e. The van der Waals surface area contributed by atoms with Crippen LogP contribution < -0.4 is 0 Å². The summed E-state index contributed by atoms with van der Waals surface area (Å²) in [5.74, 6) is -0.394. The Morgan fingerprint density at radius 2 is 2.12 bits per heavy atom. The molecule has 0 amide bonds. The average Bonchev–Trinajstić information content (AvgIpc) is 3.01. The molecule has 0 saturated heterocycles. The first-order valence-electron chi connectivity index (χ1n) is 5.09. The molecule has 1 fully saturated rings. The van der Waals surface area contributed by atoms with Gasteiger partial charge in [-0.05, 0) is 12.5 Å². The first-order chi connectivity index (χ1) is 8.25. The van der Waals surface area contributed by atoms with E-state index in [2.05, 4.69) is 20.1 Å². The van der Waals surface area contributed by atoms with Crippen molar-refractivity contribution < 1.29 is 14.4 Å². The van der Waals surface area contributed by atoms with Crippen molar-refractivity contribution in [1.29, 1.82) is 0 Å². The van der Waals surface area contributed by atoms with Crippen molar-refractivity contribution in [2.24, 2.45) is 5.92 Å². The van der Waals surface area contributed by atoms with Crippen LogP contribution in [-0.4, -0.2) is 31.2 Å². The number of aromatic nitrogens is 4.